The number of benzene rings is 1. The molecule has 2 heterocycles. The summed E-state index contributed by atoms with van der Waals surface area (Å²) in [7, 11) is 0. The van der Waals surface area contributed by atoms with Crippen LogP contribution in [-0.4, -0.2) is 29.3 Å². The van der Waals surface area contributed by atoms with Crippen molar-refractivity contribution in [1.82, 2.24) is 4.98 Å². The number of pyridine rings is 1. The van der Waals surface area contributed by atoms with Gasteiger partial charge in [0.1, 0.15) is 11.3 Å². The maximum atomic E-state index is 12.7. The highest BCUT2D eigenvalue weighted by molar-refractivity contribution is 6.07. The lowest BCUT2D eigenvalue weighted by atomic mass is 9.84. The number of H-pyrrole nitrogens is 1. The van der Waals surface area contributed by atoms with E-state index < -0.39 is 17.4 Å². The zero-order valence-electron chi connectivity index (χ0n) is 16.8. The van der Waals surface area contributed by atoms with Gasteiger partial charge in [0.15, 0.2) is 5.78 Å². The number of amides is 1. The summed E-state index contributed by atoms with van der Waals surface area (Å²) >= 11 is 0. The van der Waals surface area contributed by atoms with E-state index in [0.29, 0.717) is 34.7 Å². The molecule has 1 aliphatic rings. The summed E-state index contributed by atoms with van der Waals surface area (Å²) in [6, 6.07) is 11.0. The number of ether oxygens (including phenoxy) is 1. The number of anilines is 1. The molecule has 8 nitrogen and oxygen atoms in total. The van der Waals surface area contributed by atoms with Crippen molar-refractivity contribution in [3.63, 3.8) is 0 Å². The van der Waals surface area contributed by atoms with Gasteiger partial charge in [0.05, 0.1) is 18.4 Å². The smallest absolute Gasteiger partial charge is 0.338 e. The normalized spacial score (nSPS) is 15.3. The first-order chi connectivity index (χ1) is 15.0. The van der Waals surface area contributed by atoms with Gasteiger partial charge in [-0.1, -0.05) is 0 Å². The first kappa shape index (κ1) is 20.3. The average molecular weight is 420 g/mol. The van der Waals surface area contributed by atoms with Crippen molar-refractivity contribution in [3.8, 4) is 0 Å². The molecule has 4 rings (SSSR count). The SMILES string of the molecule is CCOC(=O)c1ccc(NC(=O)c2cc3c([nH]c2=O)C[C@H](c2ccco2)CC3=O)cc1. The number of esters is 1. The van der Waals surface area contributed by atoms with Crippen LogP contribution >= 0.6 is 0 Å². The highest BCUT2D eigenvalue weighted by Crippen LogP contribution is 2.31. The number of aromatic amines is 1. The van der Waals surface area contributed by atoms with E-state index >= 15 is 0 Å². The number of rotatable bonds is 5. The van der Waals surface area contributed by atoms with Crippen LogP contribution in [0.2, 0.25) is 0 Å². The van der Waals surface area contributed by atoms with E-state index in [4.69, 9.17) is 9.15 Å². The van der Waals surface area contributed by atoms with Crippen LogP contribution in [0.15, 0.2) is 57.9 Å². The summed E-state index contributed by atoms with van der Waals surface area (Å²) in [6.07, 6.45) is 2.23. The number of carbonyl (C=O) groups is 3. The van der Waals surface area contributed by atoms with E-state index in [1.54, 1.807) is 25.3 Å². The van der Waals surface area contributed by atoms with Gasteiger partial charge in [0.2, 0.25) is 0 Å². The third-order valence-corrected chi connectivity index (χ3v) is 5.15. The molecule has 0 radical (unpaired) electrons. The quantitative estimate of drug-likeness (QED) is 0.612. The van der Waals surface area contributed by atoms with Crippen LogP contribution in [0.5, 0.6) is 0 Å². The summed E-state index contributed by atoms with van der Waals surface area (Å²) in [5.74, 6) is -0.727. The molecule has 0 unspecified atom stereocenters. The Kier molecular flexibility index (Phi) is 5.53. The molecule has 3 aromatic rings. The Morgan fingerprint density at radius 2 is 1.94 bits per heavy atom. The molecule has 1 aliphatic carbocycles. The summed E-state index contributed by atoms with van der Waals surface area (Å²) in [6.45, 7) is 1.98. The highest BCUT2D eigenvalue weighted by atomic mass is 16.5. The molecule has 2 aromatic heterocycles. The molecule has 31 heavy (non-hydrogen) atoms. The van der Waals surface area contributed by atoms with Gasteiger partial charge in [-0.3, -0.25) is 14.4 Å². The molecule has 0 spiro atoms. The van der Waals surface area contributed by atoms with E-state index in [0.717, 1.165) is 0 Å². The van der Waals surface area contributed by atoms with Crippen LogP contribution in [-0.2, 0) is 11.2 Å². The molecule has 1 aromatic carbocycles. The Hall–Kier alpha value is -3.94. The fourth-order valence-electron chi connectivity index (χ4n) is 3.63. The van der Waals surface area contributed by atoms with Gasteiger partial charge in [-0.15, -0.1) is 0 Å². The van der Waals surface area contributed by atoms with E-state index in [2.05, 4.69) is 10.3 Å². The molecule has 8 heteroatoms. The van der Waals surface area contributed by atoms with Crippen molar-refractivity contribution in [2.45, 2.75) is 25.7 Å². The van der Waals surface area contributed by atoms with Crippen LogP contribution in [0.25, 0.3) is 0 Å². The van der Waals surface area contributed by atoms with Crippen LogP contribution < -0.4 is 10.9 Å². The van der Waals surface area contributed by atoms with Crippen molar-refractivity contribution >= 4 is 23.3 Å². The summed E-state index contributed by atoms with van der Waals surface area (Å²) in [5, 5.41) is 2.61. The number of ketones is 1. The molecular formula is C23H20N2O6. The summed E-state index contributed by atoms with van der Waals surface area (Å²) in [4.78, 5) is 52.2. The molecular weight excluding hydrogens is 400 g/mol. The lowest BCUT2D eigenvalue weighted by molar-refractivity contribution is 0.0526. The Labute approximate surface area is 177 Å². The molecule has 158 valence electrons. The second kappa shape index (κ2) is 8.43. The van der Waals surface area contributed by atoms with Gasteiger partial charge >= 0.3 is 5.97 Å². The third kappa shape index (κ3) is 4.18. The van der Waals surface area contributed by atoms with Gasteiger partial charge in [-0.05, 0) is 55.8 Å². The Bertz CT molecular complexity index is 1190. The predicted octanol–water partition coefficient (Wildman–Crippen LogP) is 3.31. The van der Waals surface area contributed by atoms with Gasteiger partial charge in [0.25, 0.3) is 11.5 Å². The third-order valence-electron chi connectivity index (χ3n) is 5.15. The van der Waals surface area contributed by atoms with Gasteiger partial charge in [-0.25, -0.2) is 4.79 Å². The molecule has 0 fully saturated rings. The van der Waals surface area contributed by atoms with Crippen molar-refractivity contribution in [1.29, 1.82) is 0 Å². The second-order valence-corrected chi connectivity index (χ2v) is 7.20. The van der Waals surface area contributed by atoms with Crippen LogP contribution in [0.3, 0.4) is 0 Å². The van der Waals surface area contributed by atoms with Gasteiger partial charge in [-0.2, -0.15) is 0 Å². The van der Waals surface area contributed by atoms with Crippen LogP contribution in [0.1, 0.15) is 61.8 Å². The predicted molar refractivity (Wildman–Crippen MR) is 112 cm³/mol. The number of aromatic nitrogens is 1. The summed E-state index contributed by atoms with van der Waals surface area (Å²) in [5.41, 5.74) is 0.857. The Morgan fingerprint density at radius 1 is 1.16 bits per heavy atom. The molecule has 0 aliphatic heterocycles. The van der Waals surface area contributed by atoms with E-state index in [1.807, 2.05) is 0 Å². The molecule has 1 amide bonds. The first-order valence-electron chi connectivity index (χ1n) is 9.87. The van der Waals surface area contributed by atoms with E-state index in [9.17, 15) is 19.2 Å². The van der Waals surface area contributed by atoms with Crippen molar-refractivity contribution in [2.75, 3.05) is 11.9 Å². The second-order valence-electron chi connectivity index (χ2n) is 7.20. The topological polar surface area (TPSA) is 118 Å². The standard InChI is InChI=1S/C23H20N2O6/c1-2-30-23(29)13-5-7-15(8-6-13)24-21(27)17-12-16-18(25-22(17)28)10-14(11-19(16)26)20-4-3-9-31-20/h3-9,12,14H,2,10-11H2,1H3,(H,24,27)(H,25,28)/t14-/m0/s1. The number of furan rings is 1. The van der Waals surface area contributed by atoms with Crippen molar-refractivity contribution in [3.05, 3.63) is 87.2 Å². The van der Waals surface area contributed by atoms with E-state index in [1.165, 1.54) is 30.3 Å². The van der Waals surface area contributed by atoms with Gasteiger partial charge in [0, 0.05) is 29.3 Å². The molecule has 2 N–H and O–H groups in total. The van der Waals surface area contributed by atoms with Crippen molar-refractivity contribution < 1.29 is 23.5 Å². The Morgan fingerprint density at radius 3 is 2.61 bits per heavy atom. The number of Topliss-reactive ketones (excluding diaryl/α,β-unsaturated/α-hetero) is 1. The maximum Gasteiger partial charge on any atom is 0.338 e. The Balaban J connectivity index is 1.53. The monoisotopic (exact) mass is 420 g/mol. The molecule has 0 saturated carbocycles. The minimum atomic E-state index is -0.645. The van der Waals surface area contributed by atoms with Gasteiger partial charge < -0.3 is 19.5 Å². The first-order valence-corrected chi connectivity index (χ1v) is 9.87. The maximum absolute atomic E-state index is 12.7. The van der Waals surface area contributed by atoms with Crippen LogP contribution in [0, 0.1) is 0 Å². The minimum absolute atomic E-state index is 0.150. The van der Waals surface area contributed by atoms with Crippen molar-refractivity contribution in [2.24, 2.45) is 0 Å². The lowest BCUT2D eigenvalue weighted by Gasteiger charge is -2.22. The van der Waals surface area contributed by atoms with E-state index in [-0.39, 0.29) is 30.3 Å². The molecule has 0 saturated heterocycles. The van der Waals surface area contributed by atoms with Crippen LogP contribution in [0.4, 0.5) is 5.69 Å². The number of carbonyl (C=O) groups excluding carboxylic acids is 3. The summed E-state index contributed by atoms with van der Waals surface area (Å²) < 4.78 is 10.3. The zero-order valence-corrected chi connectivity index (χ0v) is 16.8. The number of fused-ring (bicyclic) bond motifs is 1. The fraction of sp³-hybridized carbons (Fsp3) is 0.217. The number of nitrogens with one attached hydrogen (secondary N) is 2. The molecule has 1 atom stereocenters. The fourth-order valence-corrected chi connectivity index (χ4v) is 3.63. The number of hydrogen-bond acceptors (Lipinski definition) is 6. The lowest BCUT2D eigenvalue weighted by Crippen LogP contribution is -2.29. The largest absolute Gasteiger partial charge is 0.469 e. The highest BCUT2D eigenvalue weighted by Gasteiger charge is 2.30. The minimum Gasteiger partial charge on any atom is -0.469 e. The zero-order chi connectivity index (χ0) is 22.0. The number of hydrogen-bond donors (Lipinski definition) is 2. The average Bonchev–Trinajstić information content (AvgIpc) is 3.29. The molecule has 0 bridgehead atoms.